The first-order valence-corrected chi connectivity index (χ1v) is 7.66. The monoisotopic (exact) mass is 295 g/mol. The number of nitriles is 1. The van der Waals surface area contributed by atoms with E-state index >= 15 is 0 Å². The van der Waals surface area contributed by atoms with Gasteiger partial charge in [0.15, 0.2) is 5.65 Å². The normalized spacial score (nSPS) is 11.4. The summed E-state index contributed by atoms with van der Waals surface area (Å²) in [5, 5.41) is 9.73. The minimum absolute atomic E-state index is 0.161. The highest BCUT2D eigenvalue weighted by molar-refractivity contribution is 7.90. The first-order valence-electron chi connectivity index (χ1n) is 6.22. The molecule has 0 aliphatic heterocycles. The summed E-state index contributed by atoms with van der Waals surface area (Å²) in [6, 6.07) is 11.9. The molecule has 3 aromatic rings. The SMILES string of the molecule is Bc1cnc2c(c1)c(C#N)cn2S(=O)(=O)c1ccccc1. The van der Waals surface area contributed by atoms with E-state index < -0.39 is 10.0 Å². The highest BCUT2D eigenvalue weighted by atomic mass is 32.2. The molecule has 0 N–H and O–H groups in total. The van der Waals surface area contributed by atoms with Gasteiger partial charge in [-0.25, -0.2) is 17.4 Å². The molecular weight excluding hydrogens is 285 g/mol. The summed E-state index contributed by atoms with van der Waals surface area (Å²) in [6.45, 7) is 0. The van der Waals surface area contributed by atoms with Crippen molar-refractivity contribution in [3.05, 3.63) is 54.4 Å². The van der Waals surface area contributed by atoms with Gasteiger partial charge < -0.3 is 0 Å². The maximum atomic E-state index is 12.7. The molecule has 1 aromatic carbocycles. The molecule has 0 spiro atoms. The van der Waals surface area contributed by atoms with Gasteiger partial charge in [-0.2, -0.15) is 5.26 Å². The number of aromatic nitrogens is 2. The van der Waals surface area contributed by atoms with Crippen molar-refractivity contribution in [2.75, 3.05) is 0 Å². The summed E-state index contributed by atoms with van der Waals surface area (Å²) in [5.41, 5.74) is 1.43. The Morgan fingerprint density at radius 3 is 2.62 bits per heavy atom. The molecule has 3 rings (SSSR count). The number of fused-ring (bicyclic) bond motifs is 1. The summed E-state index contributed by atoms with van der Waals surface area (Å²) < 4.78 is 26.4. The van der Waals surface area contributed by atoms with Gasteiger partial charge >= 0.3 is 0 Å². The van der Waals surface area contributed by atoms with Gasteiger partial charge in [0.05, 0.1) is 10.5 Å². The van der Waals surface area contributed by atoms with Gasteiger partial charge in [-0.3, -0.25) is 0 Å². The van der Waals surface area contributed by atoms with Gasteiger partial charge in [0.25, 0.3) is 10.0 Å². The van der Waals surface area contributed by atoms with E-state index in [4.69, 9.17) is 0 Å². The molecule has 21 heavy (non-hydrogen) atoms. The minimum atomic E-state index is -3.76. The summed E-state index contributed by atoms with van der Waals surface area (Å²) in [4.78, 5) is 4.33. The van der Waals surface area contributed by atoms with Gasteiger partial charge in [-0.1, -0.05) is 29.7 Å². The van der Waals surface area contributed by atoms with Crippen LogP contribution in [0.3, 0.4) is 0 Å². The van der Waals surface area contributed by atoms with E-state index in [0.717, 1.165) is 9.44 Å². The van der Waals surface area contributed by atoms with Crippen LogP contribution in [0.2, 0.25) is 0 Å². The molecule has 7 heteroatoms. The Morgan fingerprint density at radius 1 is 1.24 bits per heavy atom. The molecular formula is C14H10BN3O2S. The molecule has 2 aromatic heterocycles. The van der Waals surface area contributed by atoms with Crippen molar-refractivity contribution < 1.29 is 8.42 Å². The van der Waals surface area contributed by atoms with Crippen LogP contribution < -0.4 is 5.46 Å². The third-order valence-electron chi connectivity index (χ3n) is 3.17. The lowest BCUT2D eigenvalue weighted by Crippen LogP contribution is -2.13. The average Bonchev–Trinajstić information content (AvgIpc) is 2.86. The van der Waals surface area contributed by atoms with Crippen molar-refractivity contribution in [2.24, 2.45) is 0 Å². The smallest absolute Gasteiger partial charge is 0.238 e. The fourth-order valence-electron chi connectivity index (χ4n) is 2.16. The van der Waals surface area contributed by atoms with Crippen molar-refractivity contribution in [1.29, 1.82) is 5.26 Å². The molecule has 0 saturated carbocycles. The van der Waals surface area contributed by atoms with Crippen molar-refractivity contribution in [3.63, 3.8) is 0 Å². The van der Waals surface area contributed by atoms with Crippen LogP contribution in [0.15, 0.2) is 53.7 Å². The van der Waals surface area contributed by atoms with Crippen LogP contribution in [-0.4, -0.2) is 25.2 Å². The largest absolute Gasteiger partial charge is 0.269 e. The second-order valence-corrected chi connectivity index (χ2v) is 6.47. The van der Waals surface area contributed by atoms with Gasteiger partial charge in [-0.15, -0.1) is 0 Å². The fourth-order valence-corrected chi connectivity index (χ4v) is 3.51. The maximum absolute atomic E-state index is 12.7. The van der Waals surface area contributed by atoms with Crippen molar-refractivity contribution in [2.45, 2.75) is 4.90 Å². The molecule has 0 fully saturated rings. The summed E-state index contributed by atoms with van der Waals surface area (Å²) >= 11 is 0. The quantitative estimate of drug-likeness (QED) is 0.641. The van der Waals surface area contributed by atoms with Gasteiger partial charge in [0.2, 0.25) is 0 Å². The molecule has 0 aliphatic rings. The lowest BCUT2D eigenvalue weighted by Gasteiger charge is -2.06. The van der Waals surface area contributed by atoms with Crippen LogP contribution in [0, 0.1) is 11.3 Å². The zero-order chi connectivity index (χ0) is 15.0. The number of rotatable bonds is 2. The number of hydrogen-bond donors (Lipinski definition) is 0. The summed E-state index contributed by atoms with van der Waals surface area (Å²) in [6.07, 6.45) is 2.90. The molecule has 0 radical (unpaired) electrons. The zero-order valence-electron chi connectivity index (χ0n) is 11.2. The van der Waals surface area contributed by atoms with E-state index in [1.807, 2.05) is 13.9 Å². The molecule has 102 valence electrons. The van der Waals surface area contributed by atoms with Gasteiger partial charge in [0.1, 0.15) is 13.9 Å². The van der Waals surface area contributed by atoms with Gasteiger partial charge in [-0.05, 0) is 12.1 Å². The highest BCUT2D eigenvalue weighted by Gasteiger charge is 2.21. The van der Waals surface area contributed by atoms with E-state index in [-0.39, 0.29) is 10.5 Å². The van der Waals surface area contributed by atoms with Crippen LogP contribution in [0.5, 0.6) is 0 Å². The van der Waals surface area contributed by atoms with E-state index in [9.17, 15) is 13.7 Å². The fraction of sp³-hybridized carbons (Fsp3) is 0. The average molecular weight is 295 g/mol. The molecule has 0 amide bonds. The Morgan fingerprint density at radius 2 is 1.95 bits per heavy atom. The molecule has 0 bridgehead atoms. The van der Waals surface area contributed by atoms with E-state index in [0.29, 0.717) is 10.9 Å². The Hall–Kier alpha value is -2.59. The number of benzene rings is 1. The standard InChI is InChI=1S/C14H10BN3O2S/c15-11-6-13-10(7-16)9-18(14(13)17-8-11)21(19,20)12-4-2-1-3-5-12/h1-6,8-9H,15H2. The Kier molecular flexibility index (Phi) is 3.03. The lowest BCUT2D eigenvalue weighted by molar-refractivity contribution is 0.588. The predicted molar refractivity (Wildman–Crippen MR) is 81.7 cm³/mol. The van der Waals surface area contributed by atoms with Crippen LogP contribution in [0.1, 0.15) is 5.56 Å². The summed E-state index contributed by atoms with van der Waals surface area (Å²) in [5.74, 6) is 0. The molecule has 5 nitrogen and oxygen atoms in total. The van der Waals surface area contributed by atoms with Crippen LogP contribution in [0.4, 0.5) is 0 Å². The summed E-state index contributed by atoms with van der Waals surface area (Å²) in [7, 11) is -1.92. The van der Waals surface area contributed by atoms with Crippen LogP contribution >= 0.6 is 0 Å². The van der Waals surface area contributed by atoms with E-state index in [1.54, 1.807) is 30.5 Å². The molecule has 2 heterocycles. The third-order valence-corrected chi connectivity index (χ3v) is 4.83. The van der Waals surface area contributed by atoms with Crippen LogP contribution in [-0.2, 0) is 10.0 Å². The number of hydrogen-bond acceptors (Lipinski definition) is 4. The second-order valence-electron chi connectivity index (χ2n) is 4.65. The Balaban J connectivity index is 2.34. The van der Waals surface area contributed by atoms with Crippen molar-refractivity contribution in [1.82, 2.24) is 8.96 Å². The first-order chi connectivity index (χ1) is 10.0. The molecule has 0 saturated heterocycles. The Labute approximate surface area is 122 Å². The maximum Gasteiger partial charge on any atom is 0.269 e. The number of pyridine rings is 1. The molecule has 0 unspecified atom stereocenters. The minimum Gasteiger partial charge on any atom is -0.238 e. The topological polar surface area (TPSA) is 75.8 Å². The van der Waals surface area contributed by atoms with Gasteiger partial charge in [0, 0.05) is 17.8 Å². The lowest BCUT2D eigenvalue weighted by atomic mass is 9.97. The predicted octanol–water partition coefficient (Wildman–Crippen LogP) is 0.403. The van der Waals surface area contributed by atoms with Crippen molar-refractivity contribution >= 4 is 34.4 Å². The van der Waals surface area contributed by atoms with E-state index in [1.165, 1.54) is 18.3 Å². The molecule has 0 atom stereocenters. The second kappa shape index (κ2) is 4.75. The highest BCUT2D eigenvalue weighted by Crippen LogP contribution is 2.23. The van der Waals surface area contributed by atoms with E-state index in [2.05, 4.69) is 4.98 Å². The van der Waals surface area contributed by atoms with Crippen LogP contribution in [0.25, 0.3) is 11.0 Å². The third kappa shape index (κ3) is 2.10. The van der Waals surface area contributed by atoms with Crippen molar-refractivity contribution in [3.8, 4) is 6.07 Å². The molecule has 0 aliphatic carbocycles. The first kappa shape index (κ1) is 13.4. The zero-order valence-corrected chi connectivity index (χ0v) is 12.0. The number of nitrogens with zero attached hydrogens (tertiary/aromatic N) is 3. The Bertz CT molecular complexity index is 973.